The Hall–Kier alpha value is -0.180. The summed E-state index contributed by atoms with van der Waals surface area (Å²) < 4.78 is 33.4. The quantitative estimate of drug-likeness (QED) is 0.478. The average Bonchev–Trinajstić information content (AvgIpc) is 1.31. The lowest BCUT2D eigenvalue weighted by molar-refractivity contribution is 0.111. The van der Waals surface area contributed by atoms with Gasteiger partial charge in [0.1, 0.15) is 0 Å². The molecule has 0 radical (unpaired) electrons. The third-order valence-corrected chi connectivity index (χ3v) is 0.513. The molecule has 0 amide bonds. The number of rotatable bonds is 1. The largest absolute Gasteiger partial charge is 0.373 e. The minimum atomic E-state index is -3.89. The van der Waals surface area contributed by atoms with E-state index in [1.165, 1.54) is 0 Å². The fourth-order valence-electron chi connectivity index (χ4n) is 0. The van der Waals surface area contributed by atoms with Crippen LogP contribution in [0, 0.1) is 0 Å². The average molecular weight is 130 g/mol. The minimum Gasteiger partial charge on any atom is -0.204 e. The molecule has 0 saturated heterocycles. The lowest BCUT2D eigenvalue weighted by Crippen LogP contribution is -2.03. The first-order valence-corrected chi connectivity index (χ1v) is 1.74. The second kappa shape index (κ2) is 1.74. The maximum absolute atomic E-state index is 11.1. The molecule has 0 fully saturated rings. The molecule has 0 nitrogen and oxygen atoms in total. The van der Waals surface area contributed by atoms with Gasteiger partial charge in [0.2, 0.25) is 0 Å². The van der Waals surface area contributed by atoms with Crippen molar-refractivity contribution in [2.24, 2.45) is 0 Å². The molecule has 0 bridgehead atoms. The second-order valence-electron chi connectivity index (χ2n) is 0.903. The van der Waals surface area contributed by atoms with Crippen LogP contribution in [0.2, 0.25) is 0 Å². The van der Waals surface area contributed by atoms with Gasteiger partial charge in [-0.25, -0.2) is 4.39 Å². The first-order valence-electron chi connectivity index (χ1n) is 1.36. The van der Waals surface area contributed by atoms with Gasteiger partial charge in [0, 0.05) is 0 Å². The van der Waals surface area contributed by atoms with Crippen LogP contribution >= 0.6 is 11.6 Å². The summed E-state index contributed by atoms with van der Waals surface area (Å²) in [6.45, 7) is 2.28. The summed E-state index contributed by atoms with van der Waals surface area (Å²) in [6.07, 6.45) is 0. The fourth-order valence-corrected chi connectivity index (χ4v) is 0. The lowest BCUT2D eigenvalue weighted by Gasteiger charge is -1.99. The third-order valence-electron chi connectivity index (χ3n) is 0.308. The molecule has 0 unspecified atom stereocenters. The Bertz CT molecular complexity index is 82.7. The van der Waals surface area contributed by atoms with Crippen LogP contribution in [0.15, 0.2) is 12.4 Å². The van der Waals surface area contributed by atoms with E-state index in [1.54, 1.807) is 0 Å². The number of halogens is 4. The first-order chi connectivity index (χ1) is 2.94. The van der Waals surface area contributed by atoms with Crippen molar-refractivity contribution < 1.29 is 13.2 Å². The first kappa shape index (κ1) is 6.82. The molecule has 0 heterocycles. The number of hydrogen-bond acceptors (Lipinski definition) is 0. The van der Waals surface area contributed by atoms with Gasteiger partial charge in [-0.1, -0.05) is 6.58 Å². The standard InChI is InChI=1S/C3H2ClF3/c1-2(5)3(4,6)7/h1H2. The molecule has 0 aromatic rings. The monoisotopic (exact) mass is 130 g/mol. The molecule has 0 rings (SSSR count). The van der Waals surface area contributed by atoms with E-state index >= 15 is 0 Å². The van der Waals surface area contributed by atoms with Gasteiger partial charge < -0.3 is 0 Å². The topological polar surface area (TPSA) is 0 Å². The van der Waals surface area contributed by atoms with Gasteiger partial charge in [-0.2, -0.15) is 8.78 Å². The molecule has 0 saturated carbocycles. The van der Waals surface area contributed by atoms with E-state index in [-0.39, 0.29) is 0 Å². The molecule has 0 atom stereocenters. The summed E-state index contributed by atoms with van der Waals surface area (Å²) in [6, 6.07) is 0. The van der Waals surface area contributed by atoms with Crippen LogP contribution in [0.1, 0.15) is 0 Å². The zero-order valence-electron chi connectivity index (χ0n) is 3.22. The van der Waals surface area contributed by atoms with Crippen molar-refractivity contribution in [2.75, 3.05) is 0 Å². The van der Waals surface area contributed by atoms with Gasteiger partial charge in [-0.05, 0) is 11.6 Å². The predicted octanol–water partition coefficient (Wildman–Crippen LogP) is 2.30. The molecular weight excluding hydrogens is 128 g/mol. The highest BCUT2D eigenvalue weighted by Gasteiger charge is 2.29. The molecule has 4 heteroatoms. The Kier molecular flexibility index (Phi) is 1.69. The van der Waals surface area contributed by atoms with Crippen LogP contribution in [0.25, 0.3) is 0 Å². The molecule has 0 aliphatic carbocycles. The normalized spacial score (nSPS) is 11.4. The molecule has 0 aliphatic rings. The van der Waals surface area contributed by atoms with Gasteiger partial charge in [-0.3, -0.25) is 0 Å². The van der Waals surface area contributed by atoms with Crippen molar-refractivity contribution in [3.63, 3.8) is 0 Å². The van der Waals surface area contributed by atoms with Gasteiger partial charge in [0.25, 0.3) is 0 Å². The van der Waals surface area contributed by atoms with Gasteiger partial charge in [0.15, 0.2) is 5.83 Å². The Morgan fingerprint density at radius 1 is 1.57 bits per heavy atom. The zero-order chi connectivity index (χ0) is 6.08. The zero-order valence-corrected chi connectivity index (χ0v) is 3.97. The van der Waals surface area contributed by atoms with Crippen LogP contribution in [-0.4, -0.2) is 5.38 Å². The van der Waals surface area contributed by atoms with E-state index in [2.05, 4.69) is 18.2 Å². The second-order valence-corrected chi connectivity index (χ2v) is 1.38. The van der Waals surface area contributed by atoms with Crippen molar-refractivity contribution in [3.8, 4) is 0 Å². The highest BCUT2D eigenvalue weighted by Crippen LogP contribution is 2.27. The number of alkyl halides is 3. The smallest absolute Gasteiger partial charge is 0.204 e. The summed E-state index contributed by atoms with van der Waals surface area (Å²) in [7, 11) is 0. The van der Waals surface area contributed by atoms with Crippen LogP contribution in [0.4, 0.5) is 13.2 Å². The molecular formula is C3H2ClF3. The lowest BCUT2D eigenvalue weighted by atomic mass is 10.6. The van der Waals surface area contributed by atoms with Gasteiger partial charge >= 0.3 is 5.38 Å². The highest BCUT2D eigenvalue weighted by atomic mass is 35.5. The van der Waals surface area contributed by atoms with E-state index in [9.17, 15) is 13.2 Å². The molecule has 7 heavy (non-hydrogen) atoms. The molecule has 0 aromatic heterocycles. The van der Waals surface area contributed by atoms with Crippen molar-refractivity contribution in [2.45, 2.75) is 5.38 Å². The van der Waals surface area contributed by atoms with E-state index in [0.29, 0.717) is 0 Å². The third kappa shape index (κ3) is 2.51. The summed E-state index contributed by atoms with van der Waals surface area (Å²) in [5.74, 6) is -1.82. The van der Waals surface area contributed by atoms with Gasteiger partial charge in [0.05, 0.1) is 0 Å². The van der Waals surface area contributed by atoms with Crippen LogP contribution < -0.4 is 0 Å². The van der Waals surface area contributed by atoms with E-state index in [1.807, 2.05) is 0 Å². The van der Waals surface area contributed by atoms with E-state index in [4.69, 9.17) is 0 Å². The molecule has 0 aromatic carbocycles. The van der Waals surface area contributed by atoms with Crippen molar-refractivity contribution in [3.05, 3.63) is 12.4 Å². The Labute approximate surface area is 43.6 Å². The maximum atomic E-state index is 11.1. The SMILES string of the molecule is C=C(F)C(F)(F)Cl. The van der Waals surface area contributed by atoms with Crippen molar-refractivity contribution >= 4 is 11.6 Å². The van der Waals surface area contributed by atoms with Crippen molar-refractivity contribution in [1.29, 1.82) is 0 Å². The molecule has 0 aliphatic heterocycles. The Morgan fingerprint density at radius 3 is 1.71 bits per heavy atom. The number of allylic oxidation sites excluding steroid dienone is 1. The summed E-state index contributed by atoms with van der Waals surface area (Å²) in [5, 5.41) is -3.89. The van der Waals surface area contributed by atoms with E-state index < -0.39 is 11.2 Å². The molecule has 42 valence electrons. The summed E-state index contributed by atoms with van der Waals surface area (Å²) in [4.78, 5) is 0. The number of hydrogen-bond donors (Lipinski definition) is 0. The summed E-state index contributed by atoms with van der Waals surface area (Å²) >= 11 is 4.06. The van der Waals surface area contributed by atoms with E-state index in [0.717, 1.165) is 0 Å². The highest BCUT2D eigenvalue weighted by molar-refractivity contribution is 6.23. The van der Waals surface area contributed by atoms with Crippen molar-refractivity contribution in [1.82, 2.24) is 0 Å². The molecule has 0 N–H and O–H groups in total. The Balaban J connectivity index is 3.79. The molecule has 0 spiro atoms. The fraction of sp³-hybridized carbons (Fsp3) is 0.333. The summed E-state index contributed by atoms with van der Waals surface area (Å²) in [5.41, 5.74) is 0. The van der Waals surface area contributed by atoms with Crippen LogP contribution in [0.5, 0.6) is 0 Å². The predicted molar refractivity (Wildman–Crippen MR) is 21.0 cm³/mol. The minimum absolute atomic E-state index is 1.82. The van der Waals surface area contributed by atoms with Crippen LogP contribution in [0.3, 0.4) is 0 Å². The van der Waals surface area contributed by atoms with Crippen LogP contribution in [-0.2, 0) is 0 Å². The Morgan fingerprint density at radius 2 is 1.71 bits per heavy atom. The van der Waals surface area contributed by atoms with Gasteiger partial charge in [-0.15, -0.1) is 0 Å². The maximum Gasteiger partial charge on any atom is 0.373 e.